The fourth-order valence-electron chi connectivity index (χ4n) is 3.01. The zero-order chi connectivity index (χ0) is 20.6. The van der Waals surface area contributed by atoms with Crippen molar-refractivity contribution >= 4 is 17.9 Å². The van der Waals surface area contributed by atoms with Crippen molar-refractivity contribution in [1.82, 2.24) is 0 Å². The quantitative estimate of drug-likeness (QED) is 0.685. The third-order valence-electron chi connectivity index (χ3n) is 4.17. The van der Waals surface area contributed by atoms with Gasteiger partial charge in [0.25, 0.3) is 0 Å². The molecule has 3 rings (SSSR count). The number of ether oxygens (including phenoxy) is 3. The zero-order valence-electron chi connectivity index (χ0n) is 16.0. The number of aromatic carboxylic acids is 1. The van der Waals surface area contributed by atoms with Crippen LogP contribution in [0.25, 0.3) is 0 Å². The molecule has 1 aliphatic heterocycles. The Morgan fingerprint density at radius 1 is 1.04 bits per heavy atom. The van der Waals surface area contributed by atoms with E-state index in [9.17, 15) is 19.5 Å². The summed E-state index contributed by atoms with van der Waals surface area (Å²) in [5.74, 6) is -1.57. The highest BCUT2D eigenvalue weighted by Crippen LogP contribution is 2.40. The van der Waals surface area contributed by atoms with E-state index in [0.29, 0.717) is 28.2 Å². The van der Waals surface area contributed by atoms with Crippen LogP contribution < -0.4 is 4.74 Å². The van der Waals surface area contributed by atoms with Gasteiger partial charge in [-0.3, -0.25) is 0 Å². The number of carboxylic acid groups (broad SMARTS) is 1. The molecule has 1 N–H and O–H groups in total. The molecule has 0 amide bonds. The molecule has 7 nitrogen and oxygen atoms in total. The van der Waals surface area contributed by atoms with Crippen molar-refractivity contribution in [3.05, 3.63) is 58.1 Å². The number of carboxylic acids is 1. The number of rotatable bonds is 3. The van der Waals surface area contributed by atoms with Gasteiger partial charge < -0.3 is 19.3 Å². The van der Waals surface area contributed by atoms with Crippen LogP contribution in [0.3, 0.4) is 0 Å². The maximum Gasteiger partial charge on any atom is 0.339 e. The summed E-state index contributed by atoms with van der Waals surface area (Å²) in [6, 6.07) is 7.67. The molecule has 0 saturated heterocycles. The van der Waals surface area contributed by atoms with Crippen molar-refractivity contribution in [2.45, 2.75) is 32.8 Å². The van der Waals surface area contributed by atoms with Crippen LogP contribution in [0.4, 0.5) is 0 Å². The summed E-state index contributed by atoms with van der Waals surface area (Å²) in [6.45, 7) is 5.11. The van der Waals surface area contributed by atoms with Gasteiger partial charge in [0, 0.05) is 17.5 Å². The van der Waals surface area contributed by atoms with Crippen LogP contribution in [-0.2, 0) is 15.9 Å². The number of benzene rings is 2. The van der Waals surface area contributed by atoms with Crippen LogP contribution in [0.1, 0.15) is 63.0 Å². The molecule has 1 aliphatic rings. The van der Waals surface area contributed by atoms with E-state index in [1.807, 2.05) is 0 Å². The van der Waals surface area contributed by atoms with E-state index in [-0.39, 0.29) is 17.5 Å². The molecule has 0 bridgehead atoms. The van der Waals surface area contributed by atoms with Crippen LogP contribution >= 0.6 is 0 Å². The van der Waals surface area contributed by atoms with Crippen LogP contribution in [0.2, 0.25) is 0 Å². The Labute approximate surface area is 161 Å². The molecule has 28 heavy (non-hydrogen) atoms. The second-order valence-corrected chi connectivity index (χ2v) is 7.36. The normalized spacial score (nSPS) is 12.3. The Morgan fingerprint density at radius 3 is 2.32 bits per heavy atom. The Kier molecular flexibility index (Phi) is 4.85. The van der Waals surface area contributed by atoms with Gasteiger partial charge in [-0.2, -0.15) is 0 Å². The number of fused-ring (bicyclic) bond motifs is 2. The number of esters is 2. The zero-order valence-corrected chi connectivity index (χ0v) is 16.0. The molecule has 0 atom stereocenters. The van der Waals surface area contributed by atoms with Crippen molar-refractivity contribution in [3.8, 4) is 11.5 Å². The highest BCUT2D eigenvalue weighted by molar-refractivity contribution is 6.04. The molecule has 0 fully saturated rings. The van der Waals surface area contributed by atoms with Crippen LogP contribution in [0, 0.1) is 0 Å². The van der Waals surface area contributed by atoms with Gasteiger partial charge in [-0.05, 0) is 51.1 Å². The largest absolute Gasteiger partial charge is 0.478 e. The van der Waals surface area contributed by atoms with Gasteiger partial charge in [0.05, 0.1) is 23.8 Å². The molecule has 2 aromatic rings. The third kappa shape index (κ3) is 3.69. The maximum atomic E-state index is 12.8. The van der Waals surface area contributed by atoms with Gasteiger partial charge in [0.1, 0.15) is 17.1 Å². The van der Waals surface area contributed by atoms with E-state index in [0.717, 1.165) is 0 Å². The summed E-state index contributed by atoms with van der Waals surface area (Å²) < 4.78 is 16.0. The van der Waals surface area contributed by atoms with Crippen molar-refractivity contribution < 1.29 is 33.7 Å². The fourth-order valence-corrected chi connectivity index (χ4v) is 3.01. The smallest absolute Gasteiger partial charge is 0.339 e. The molecule has 0 aliphatic carbocycles. The Balaban J connectivity index is 2.11. The van der Waals surface area contributed by atoms with E-state index >= 15 is 0 Å². The van der Waals surface area contributed by atoms with Crippen LogP contribution in [0.15, 0.2) is 30.3 Å². The lowest BCUT2D eigenvalue weighted by Crippen LogP contribution is -2.26. The van der Waals surface area contributed by atoms with E-state index in [1.165, 1.54) is 19.2 Å². The predicted octanol–water partition coefficient (Wildman–Crippen LogP) is 3.82. The first-order valence-corrected chi connectivity index (χ1v) is 8.62. The van der Waals surface area contributed by atoms with Crippen molar-refractivity contribution in [2.24, 2.45) is 0 Å². The predicted molar refractivity (Wildman–Crippen MR) is 99.2 cm³/mol. The first-order valence-electron chi connectivity index (χ1n) is 8.62. The molecule has 0 unspecified atom stereocenters. The SMILES string of the molecule is COC(=O)c1ccc2c(c1)Cc1c(ccc(C(=O)O)c1C(=O)OC(C)(C)C)O2. The monoisotopic (exact) mass is 384 g/mol. The van der Waals surface area contributed by atoms with Gasteiger partial charge in [-0.25, -0.2) is 14.4 Å². The molecular weight excluding hydrogens is 364 g/mol. The Bertz CT molecular complexity index is 983. The van der Waals surface area contributed by atoms with Gasteiger partial charge in [0.15, 0.2) is 0 Å². The van der Waals surface area contributed by atoms with Gasteiger partial charge in [0.2, 0.25) is 0 Å². The van der Waals surface area contributed by atoms with Crippen LogP contribution in [0.5, 0.6) is 11.5 Å². The number of methoxy groups -OCH3 is 1. The van der Waals surface area contributed by atoms with Crippen molar-refractivity contribution in [1.29, 1.82) is 0 Å². The minimum absolute atomic E-state index is 0.0472. The molecule has 0 saturated carbocycles. The fraction of sp³-hybridized carbons (Fsp3) is 0.286. The maximum absolute atomic E-state index is 12.8. The lowest BCUT2D eigenvalue weighted by Gasteiger charge is -2.25. The molecule has 7 heteroatoms. The summed E-state index contributed by atoms with van der Waals surface area (Å²) >= 11 is 0. The second-order valence-electron chi connectivity index (χ2n) is 7.36. The summed E-state index contributed by atoms with van der Waals surface area (Å²) in [4.78, 5) is 36.3. The average molecular weight is 384 g/mol. The standard InChI is InChI=1S/C21H20O7/c1-21(2,3)28-20(25)17-13(18(22)23)6-8-16-14(17)10-12-9-11(19(24)26-4)5-7-15(12)27-16/h5-9H,10H2,1-4H3,(H,22,23). The number of carbonyl (C=O) groups excluding carboxylic acids is 2. The lowest BCUT2D eigenvalue weighted by atomic mass is 9.91. The van der Waals surface area contributed by atoms with Crippen LogP contribution in [-0.4, -0.2) is 35.7 Å². The lowest BCUT2D eigenvalue weighted by molar-refractivity contribution is 0.00640. The number of carbonyl (C=O) groups is 3. The highest BCUT2D eigenvalue weighted by atomic mass is 16.6. The summed E-state index contributed by atoms with van der Waals surface area (Å²) in [5.41, 5.74) is 0.382. The molecule has 2 aromatic carbocycles. The first-order chi connectivity index (χ1) is 13.1. The Hall–Kier alpha value is -3.35. The second kappa shape index (κ2) is 6.99. The molecule has 146 valence electrons. The first kappa shape index (κ1) is 19.4. The summed E-state index contributed by atoms with van der Waals surface area (Å²) in [5, 5.41) is 9.55. The average Bonchev–Trinajstić information content (AvgIpc) is 2.62. The topological polar surface area (TPSA) is 99.1 Å². The number of hydrogen-bond acceptors (Lipinski definition) is 6. The van der Waals surface area contributed by atoms with E-state index < -0.39 is 23.5 Å². The highest BCUT2D eigenvalue weighted by Gasteiger charge is 2.31. The summed E-state index contributed by atoms with van der Waals surface area (Å²) in [6.07, 6.45) is 0.213. The molecule has 0 spiro atoms. The van der Waals surface area contributed by atoms with E-state index in [1.54, 1.807) is 39.0 Å². The van der Waals surface area contributed by atoms with Gasteiger partial charge in [-0.15, -0.1) is 0 Å². The minimum atomic E-state index is -1.24. The molecular formula is C21H20O7. The van der Waals surface area contributed by atoms with E-state index in [4.69, 9.17) is 14.2 Å². The Morgan fingerprint density at radius 2 is 1.71 bits per heavy atom. The van der Waals surface area contributed by atoms with E-state index in [2.05, 4.69) is 0 Å². The summed E-state index contributed by atoms with van der Waals surface area (Å²) in [7, 11) is 1.29. The molecule has 0 radical (unpaired) electrons. The van der Waals surface area contributed by atoms with Gasteiger partial charge in [-0.1, -0.05) is 0 Å². The molecule has 1 heterocycles. The third-order valence-corrected chi connectivity index (χ3v) is 4.17. The molecule has 0 aromatic heterocycles. The minimum Gasteiger partial charge on any atom is -0.478 e. The van der Waals surface area contributed by atoms with Gasteiger partial charge >= 0.3 is 17.9 Å². The number of hydrogen-bond donors (Lipinski definition) is 1. The van der Waals surface area contributed by atoms with Crippen molar-refractivity contribution in [3.63, 3.8) is 0 Å². The van der Waals surface area contributed by atoms with Crippen molar-refractivity contribution in [2.75, 3.05) is 7.11 Å².